The van der Waals surface area contributed by atoms with E-state index in [4.69, 9.17) is 5.73 Å². The number of benzene rings is 1. The summed E-state index contributed by atoms with van der Waals surface area (Å²) in [6, 6.07) is 2.86. The van der Waals surface area contributed by atoms with Crippen molar-refractivity contribution in [3.63, 3.8) is 0 Å². The Morgan fingerprint density at radius 1 is 1.24 bits per heavy atom. The molecule has 1 amide bonds. The van der Waals surface area contributed by atoms with Crippen molar-refractivity contribution in [2.24, 2.45) is 5.73 Å². The Kier molecular flexibility index (Phi) is 4.06. The number of rotatable bonds is 2. The summed E-state index contributed by atoms with van der Waals surface area (Å²) in [5, 5.41) is 2.42. The molecule has 1 aliphatic carbocycles. The minimum absolute atomic E-state index is 0. The molecule has 0 saturated heterocycles. The molecule has 1 aromatic carbocycles. The van der Waals surface area contributed by atoms with Crippen molar-refractivity contribution in [1.29, 1.82) is 0 Å². The third-order valence-corrected chi connectivity index (χ3v) is 2.82. The van der Waals surface area contributed by atoms with Gasteiger partial charge in [-0.2, -0.15) is 0 Å². The van der Waals surface area contributed by atoms with Gasteiger partial charge in [0.15, 0.2) is 0 Å². The lowest BCUT2D eigenvalue weighted by Crippen LogP contribution is -2.56. The van der Waals surface area contributed by atoms with Gasteiger partial charge in [-0.05, 0) is 31.4 Å². The molecule has 0 aromatic heterocycles. The Morgan fingerprint density at radius 2 is 1.76 bits per heavy atom. The van der Waals surface area contributed by atoms with Crippen LogP contribution in [0.1, 0.15) is 19.3 Å². The molecule has 0 aliphatic heterocycles. The first-order valence-electron chi connectivity index (χ1n) is 5.06. The molecule has 1 aromatic rings. The maximum atomic E-state index is 12.8. The number of carbonyl (C=O) groups is 1. The average molecular weight is 263 g/mol. The second-order valence-corrected chi connectivity index (χ2v) is 4.12. The molecule has 0 radical (unpaired) electrons. The van der Waals surface area contributed by atoms with E-state index in [-0.39, 0.29) is 24.0 Å². The smallest absolute Gasteiger partial charge is 0.244 e. The van der Waals surface area contributed by atoms with Gasteiger partial charge >= 0.3 is 0 Å². The van der Waals surface area contributed by atoms with Crippen molar-refractivity contribution >= 4 is 24.0 Å². The van der Waals surface area contributed by atoms with Crippen LogP contribution in [-0.2, 0) is 4.79 Å². The van der Waals surface area contributed by atoms with Crippen LogP contribution in [0.5, 0.6) is 0 Å². The molecule has 0 bridgehead atoms. The van der Waals surface area contributed by atoms with Crippen LogP contribution in [0.2, 0.25) is 0 Å². The minimum Gasteiger partial charge on any atom is -0.324 e. The summed E-state index contributed by atoms with van der Waals surface area (Å²) in [5.74, 6) is -1.84. The lowest BCUT2D eigenvalue weighted by Gasteiger charge is -2.36. The van der Waals surface area contributed by atoms with Crippen LogP contribution in [0, 0.1) is 11.6 Å². The van der Waals surface area contributed by atoms with Gasteiger partial charge in [-0.15, -0.1) is 12.4 Å². The molecular formula is C11H13ClF2N2O. The largest absolute Gasteiger partial charge is 0.324 e. The number of halogens is 3. The van der Waals surface area contributed by atoms with E-state index < -0.39 is 17.2 Å². The molecule has 0 heterocycles. The zero-order valence-corrected chi connectivity index (χ0v) is 9.82. The van der Waals surface area contributed by atoms with Crippen LogP contribution in [0.25, 0.3) is 0 Å². The summed E-state index contributed by atoms with van der Waals surface area (Å²) < 4.78 is 25.7. The number of anilines is 1. The molecule has 1 fully saturated rings. The van der Waals surface area contributed by atoms with Crippen molar-refractivity contribution in [2.45, 2.75) is 24.8 Å². The van der Waals surface area contributed by atoms with E-state index in [1.54, 1.807) is 0 Å². The normalized spacial score (nSPS) is 16.6. The summed E-state index contributed by atoms with van der Waals surface area (Å²) in [4.78, 5) is 11.7. The number of nitrogens with two attached hydrogens (primary N) is 1. The van der Waals surface area contributed by atoms with E-state index >= 15 is 0 Å². The fraction of sp³-hybridized carbons (Fsp3) is 0.364. The van der Waals surface area contributed by atoms with Gasteiger partial charge in [-0.1, -0.05) is 0 Å². The molecular weight excluding hydrogens is 250 g/mol. The molecule has 0 spiro atoms. The molecule has 17 heavy (non-hydrogen) atoms. The zero-order valence-electron chi connectivity index (χ0n) is 9.00. The summed E-state index contributed by atoms with van der Waals surface area (Å²) >= 11 is 0. The van der Waals surface area contributed by atoms with Crippen LogP contribution in [0.4, 0.5) is 14.5 Å². The Balaban J connectivity index is 0.00000144. The Hall–Kier alpha value is -1.20. The predicted octanol–water partition coefficient (Wildman–Crippen LogP) is 2.21. The molecule has 0 unspecified atom stereocenters. The van der Waals surface area contributed by atoms with Crippen molar-refractivity contribution < 1.29 is 13.6 Å². The van der Waals surface area contributed by atoms with E-state index in [1.807, 2.05) is 0 Å². The number of nitrogens with one attached hydrogen (secondary N) is 1. The van der Waals surface area contributed by atoms with E-state index in [0.717, 1.165) is 24.6 Å². The molecule has 3 N–H and O–H groups in total. The maximum absolute atomic E-state index is 12.8. The molecule has 2 rings (SSSR count). The topological polar surface area (TPSA) is 55.1 Å². The number of hydrogen-bond donors (Lipinski definition) is 2. The molecule has 1 saturated carbocycles. The standard InChI is InChI=1S/C11H12F2N2O.ClH/c12-7-4-8(13)6-9(5-7)15-10(16)11(14)2-1-3-11;/h4-6H,1-3,14H2,(H,15,16);1H. The fourth-order valence-electron chi connectivity index (χ4n) is 1.67. The second-order valence-electron chi connectivity index (χ2n) is 4.12. The monoisotopic (exact) mass is 262 g/mol. The van der Waals surface area contributed by atoms with Gasteiger partial charge < -0.3 is 11.1 Å². The van der Waals surface area contributed by atoms with E-state index in [1.165, 1.54) is 0 Å². The molecule has 0 atom stereocenters. The average Bonchev–Trinajstić information content (AvgIpc) is 2.12. The summed E-state index contributed by atoms with van der Waals surface area (Å²) in [6.45, 7) is 0. The van der Waals surface area contributed by atoms with Gasteiger partial charge in [0, 0.05) is 11.8 Å². The third-order valence-electron chi connectivity index (χ3n) is 2.82. The molecule has 94 valence electrons. The molecule has 1 aliphatic rings. The molecule has 3 nitrogen and oxygen atoms in total. The minimum atomic E-state index is -0.872. The SMILES string of the molecule is Cl.NC1(C(=O)Nc2cc(F)cc(F)c2)CCC1. The summed E-state index contributed by atoms with van der Waals surface area (Å²) in [7, 11) is 0. The summed E-state index contributed by atoms with van der Waals surface area (Å²) in [6.07, 6.45) is 2.12. The van der Waals surface area contributed by atoms with Crippen LogP contribution in [-0.4, -0.2) is 11.4 Å². The van der Waals surface area contributed by atoms with Gasteiger partial charge in [-0.3, -0.25) is 4.79 Å². The lowest BCUT2D eigenvalue weighted by atomic mass is 9.77. The fourth-order valence-corrected chi connectivity index (χ4v) is 1.67. The highest BCUT2D eigenvalue weighted by Gasteiger charge is 2.40. The number of amides is 1. The van der Waals surface area contributed by atoms with Crippen molar-refractivity contribution in [3.8, 4) is 0 Å². The first-order valence-corrected chi connectivity index (χ1v) is 5.06. The highest BCUT2D eigenvalue weighted by molar-refractivity contribution is 5.98. The predicted molar refractivity (Wildman–Crippen MR) is 63.0 cm³/mol. The van der Waals surface area contributed by atoms with Crippen LogP contribution in [0.15, 0.2) is 18.2 Å². The Labute approximate surface area is 104 Å². The first kappa shape index (κ1) is 13.9. The maximum Gasteiger partial charge on any atom is 0.244 e. The van der Waals surface area contributed by atoms with Crippen molar-refractivity contribution in [3.05, 3.63) is 29.8 Å². The van der Waals surface area contributed by atoms with Crippen molar-refractivity contribution in [1.82, 2.24) is 0 Å². The van der Waals surface area contributed by atoms with Crippen molar-refractivity contribution in [2.75, 3.05) is 5.32 Å². The second kappa shape index (κ2) is 4.98. The van der Waals surface area contributed by atoms with Crippen LogP contribution >= 0.6 is 12.4 Å². The highest BCUT2D eigenvalue weighted by atomic mass is 35.5. The summed E-state index contributed by atoms with van der Waals surface area (Å²) in [5.41, 5.74) is 5.00. The van der Waals surface area contributed by atoms with Gasteiger partial charge in [0.25, 0.3) is 0 Å². The lowest BCUT2D eigenvalue weighted by molar-refractivity contribution is -0.123. The van der Waals surface area contributed by atoms with Gasteiger partial charge in [0.05, 0.1) is 5.54 Å². The number of carbonyl (C=O) groups excluding carboxylic acids is 1. The Morgan fingerprint density at radius 3 is 2.18 bits per heavy atom. The van der Waals surface area contributed by atoms with Gasteiger partial charge in [0.1, 0.15) is 11.6 Å². The van der Waals surface area contributed by atoms with Crippen LogP contribution < -0.4 is 11.1 Å². The first-order chi connectivity index (χ1) is 7.49. The van der Waals surface area contributed by atoms with E-state index in [0.29, 0.717) is 12.8 Å². The third kappa shape index (κ3) is 2.92. The number of hydrogen-bond acceptors (Lipinski definition) is 2. The van der Waals surface area contributed by atoms with E-state index in [2.05, 4.69) is 5.32 Å². The van der Waals surface area contributed by atoms with Crippen LogP contribution in [0.3, 0.4) is 0 Å². The Bertz CT molecular complexity index is 415. The van der Waals surface area contributed by atoms with E-state index in [9.17, 15) is 13.6 Å². The quantitative estimate of drug-likeness (QED) is 0.859. The highest BCUT2D eigenvalue weighted by Crippen LogP contribution is 2.30. The molecule has 6 heteroatoms. The van der Waals surface area contributed by atoms with Gasteiger partial charge in [0.2, 0.25) is 5.91 Å². The van der Waals surface area contributed by atoms with Gasteiger partial charge in [-0.25, -0.2) is 8.78 Å². The zero-order chi connectivity index (χ0) is 11.8.